The molecule has 0 bridgehead atoms. The Morgan fingerprint density at radius 2 is 1.59 bits per heavy atom. The van der Waals surface area contributed by atoms with Crippen molar-refractivity contribution in [3.8, 4) is 17.2 Å². The molecular formula is C27H22Br2N2O6. The third kappa shape index (κ3) is 6.39. The number of hydrogen-bond acceptors (Lipinski definition) is 6. The molecule has 10 heteroatoms. The average molecular weight is 630 g/mol. The number of carbonyl (C=O) groups excluding carboxylic acids is 3. The van der Waals surface area contributed by atoms with Crippen LogP contribution in [0.1, 0.15) is 12.5 Å². The van der Waals surface area contributed by atoms with Crippen LogP contribution in [0.15, 0.2) is 81.2 Å². The Kier molecular flexibility index (Phi) is 8.62. The van der Waals surface area contributed by atoms with E-state index in [-0.39, 0.29) is 12.2 Å². The van der Waals surface area contributed by atoms with Crippen LogP contribution < -0.4 is 24.4 Å². The molecular weight excluding hydrogens is 608 g/mol. The maximum atomic E-state index is 13.2. The van der Waals surface area contributed by atoms with E-state index in [9.17, 15) is 14.4 Å². The van der Waals surface area contributed by atoms with Crippen molar-refractivity contribution in [1.82, 2.24) is 5.32 Å². The summed E-state index contributed by atoms with van der Waals surface area (Å²) in [6.07, 6.45) is 1.41. The highest BCUT2D eigenvalue weighted by Gasteiger charge is 2.36. The van der Waals surface area contributed by atoms with E-state index in [0.717, 1.165) is 15.1 Å². The SMILES string of the molecule is CCOc1cc(/C=C2/C(=O)NC(=O)N(c3ccc(Br)cc3)C2=O)cc(Br)c1OCCOc1ccccc1. The second-order valence-electron chi connectivity index (χ2n) is 7.71. The van der Waals surface area contributed by atoms with Crippen LogP contribution in [0.4, 0.5) is 10.5 Å². The van der Waals surface area contributed by atoms with Crippen molar-refractivity contribution >= 4 is 61.5 Å². The zero-order chi connectivity index (χ0) is 26.4. The van der Waals surface area contributed by atoms with Crippen molar-refractivity contribution in [3.05, 3.63) is 86.8 Å². The van der Waals surface area contributed by atoms with E-state index < -0.39 is 17.8 Å². The Hall–Kier alpha value is -3.63. The molecule has 3 aromatic rings. The van der Waals surface area contributed by atoms with Crippen LogP contribution >= 0.6 is 31.9 Å². The van der Waals surface area contributed by atoms with Gasteiger partial charge in [0.05, 0.1) is 16.8 Å². The van der Waals surface area contributed by atoms with Crippen molar-refractivity contribution in [2.75, 3.05) is 24.7 Å². The van der Waals surface area contributed by atoms with Crippen LogP contribution in [-0.4, -0.2) is 37.7 Å². The Balaban J connectivity index is 1.56. The lowest BCUT2D eigenvalue weighted by molar-refractivity contribution is -0.122. The molecule has 0 aromatic heterocycles. The predicted molar refractivity (Wildman–Crippen MR) is 146 cm³/mol. The number of hydrogen-bond donors (Lipinski definition) is 1. The number of para-hydroxylation sites is 1. The van der Waals surface area contributed by atoms with Crippen LogP contribution in [0.2, 0.25) is 0 Å². The minimum Gasteiger partial charge on any atom is -0.490 e. The van der Waals surface area contributed by atoms with Crippen LogP contribution in [-0.2, 0) is 9.59 Å². The van der Waals surface area contributed by atoms with E-state index >= 15 is 0 Å². The number of halogens is 2. The molecule has 0 aliphatic carbocycles. The normalized spacial score (nSPS) is 14.5. The highest BCUT2D eigenvalue weighted by atomic mass is 79.9. The van der Waals surface area contributed by atoms with Gasteiger partial charge in [0.2, 0.25) is 0 Å². The summed E-state index contributed by atoms with van der Waals surface area (Å²) in [5.41, 5.74) is 0.648. The molecule has 37 heavy (non-hydrogen) atoms. The molecule has 1 aliphatic rings. The molecule has 1 N–H and O–H groups in total. The molecule has 0 saturated carbocycles. The maximum Gasteiger partial charge on any atom is 0.335 e. The van der Waals surface area contributed by atoms with E-state index in [1.54, 1.807) is 36.4 Å². The van der Waals surface area contributed by atoms with Crippen molar-refractivity contribution < 1.29 is 28.6 Å². The van der Waals surface area contributed by atoms with E-state index in [2.05, 4.69) is 37.2 Å². The summed E-state index contributed by atoms with van der Waals surface area (Å²) in [6, 6.07) is 18.6. The molecule has 1 aliphatic heterocycles. The molecule has 0 radical (unpaired) electrons. The summed E-state index contributed by atoms with van der Waals surface area (Å²) in [5, 5.41) is 2.22. The fourth-order valence-corrected chi connectivity index (χ4v) is 4.38. The maximum absolute atomic E-state index is 13.2. The molecule has 0 unspecified atom stereocenters. The van der Waals surface area contributed by atoms with Gasteiger partial charge in [-0.2, -0.15) is 0 Å². The van der Waals surface area contributed by atoms with Gasteiger partial charge in [-0.05, 0) is 83.0 Å². The second kappa shape index (κ2) is 12.1. The van der Waals surface area contributed by atoms with Gasteiger partial charge in [0.25, 0.3) is 11.8 Å². The van der Waals surface area contributed by atoms with Crippen molar-refractivity contribution in [2.45, 2.75) is 6.92 Å². The summed E-state index contributed by atoms with van der Waals surface area (Å²) in [5.74, 6) is 0.113. The number of imide groups is 2. The van der Waals surface area contributed by atoms with Gasteiger partial charge in [0, 0.05) is 4.47 Å². The molecule has 3 aromatic carbocycles. The largest absolute Gasteiger partial charge is 0.490 e. The van der Waals surface area contributed by atoms with Gasteiger partial charge in [0.1, 0.15) is 24.5 Å². The number of amides is 4. The van der Waals surface area contributed by atoms with E-state index in [0.29, 0.717) is 40.4 Å². The first kappa shape index (κ1) is 26.4. The second-order valence-corrected chi connectivity index (χ2v) is 9.48. The first-order chi connectivity index (χ1) is 17.9. The number of nitrogens with zero attached hydrogens (tertiary/aromatic N) is 1. The van der Waals surface area contributed by atoms with Crippen molar-refractivity contribution in [2.24, 2.45) is 0 Å². The van der Waals surface area contributed by atoms with Crippen LogP contribution in [0, 0.1) is 0 Å². The lowest BCUT2D eigenvalue weighted by Gasteiger charge is -2.26. The van der Waals surface area contributed by atoms with Gasteiger partial charge in [-0.3, -0.25) is 14.9 Å². The molecule has 4 rings (SSSR count). The van der Waals surface area contributed by atoms with Gasteiger partial charge in [0.15, 0.2) is 11.5 Å². The number of benzene rings is 3. The number of barbiturate groups is 1. The minimum atomic E-state index is -0.813. The third-order valence-corrected chi connectivity index (χ3v) is 6.29. The number of ether oxygens (including phenoxy) is 3. The van der Waals surface area contributed by atoms with Crippen molar-refractivity contribution in [1.29, 1.82) is 0 Å². The first-order valence-electron chi connectivity index (χ1n) is 11.3. The smallest absolute Gasteiger partial charge is 0.335 e. The number of rotatable bonds is 9. The van der Waals surface area contributed by atoms with E-state index in [4.69, 9.17) is 14.2 Å². The van der Waals surface area contributed by atoms with E-state index in [1.165, 1.54) is 6.08 Å². The molecule has 0 spiro atoms. The molecule has 4 amide bonds. The zero-order valence-corrected chi connectivity index (χ0v) is 22.9. The molecule has 1 heterocycles. The number of nitrogens with one attached hydrogen (secondary N) is 1. The topological polar surface area (TPSA) is 94.2 Å². The summed E-state index contributed by atoms with van der Waals surface area (Å²) < 4.78 is 18.7. The molecule has 1 saturated heterocycles. The monoisotopic (exact) mass is 628 g/mol. The number of carbonyl (C=O) groups is 3. The molecule has 8 nitrogen and oxygen atoms in total. The Bertz CT molecular complexity index is 1340. The summed E-state index contributed by atoms with van der Waals surface area (Å²) in [4.78, 5) is 39.1. The third-order valence-electron chi connectivity index (χ3n) is 5.17. The standard InChI is InChI=1S/C27H22Br2N2O6/c1-2-35-23-16-17(15-22(29)24(23)37-13-12-36-20-6-4-3-5-7-20)14-21-25(32)30-27(34)31(26(21)33)19-10-8-18(28)9-11-19/h3-11,14-16H,2,12-13H2,1H3,(H,30,32,34)/b21-14-. The van der Waals surface area contributed by atoms with Gasteiger partial charge in [-0.15, -0.1) is 0 Å². The Morgan fingerprint density at radius 1 is 0.892 bits per heavy atom. The van der Waals surface area contributed by atoms with Crippen molar-refractivity contribution in [3.63, 3.8) is 0 Å². The van der Waals surface area contributed by atoms with Crippen LogP contribution in [0.3, 0.4) is 0 Å². The van der Waals surface area contributed by atoms with Gasteiger partial charge in [-0.25, -0.2) is 9.69 Å². The highest BCUT2D eigenvalue weighted by molar-refractivity contribution is 9.10. The highest BCUT2D eigenvalue weighted by Crippen LogP contribution is 2.38. The molecule has 1 fully saturated rings. The summed E-state index contributed by atoms with van der Waals surface area (Å²) in [7, 11) is 0. The van der Waals surface area contributed by atoms with E-state index in [1.807, 2.05) is 37.3 Å². The minimum absolute atomic E-state index is 0.193. The predicted octanol–water partition coefficient (Wildman–Crippen LogP) is 5.73. The van der Waals surface area contributed by atoms with Gasteiger partial charge in [-0.1, -0.05) is 34.1 Å². The fraction of sp³-hybridized carbons (Fsp3) is 0.148. The first-order valence-corrected chi connectivity index (χ1v) is 12.9. The van der Waals surface area contributed by atoms with Gasteiger partial charge >= 0.3 is 6.03 Å². The lowest BCUT2D eigenvalue weighted by atomic mass is 10.1. The Labute approximate surface area is 230 Å². The molecule has 190 valence electrons. The number of anilines is 1. The summed E-state index contributed by atoms with van der Waals surface area (Å²) >= 11 is 6.82. The Morgan fingerprint density at radius 3 is 2.30 bits per heavy atom. The zero-order valence-electron chi connectivity index (χ0n) is 19.7. The fourth-order valence-electron chi connectivity index (χ4n) is 3.54. The number of urea groups is 1. The average Bonchev–Trinajstić information content (AvgIpc) is 2.87. The lowest BCUT2D eigenvalue weighted by Crippen LogP contribution is -2.54. The van der Waals surface area contributed by atoms with Crippen LogP contribution in [0.5, 0.6) is 17.2 Å². The summed E-state index contributed by atoms with van der Waals surface area (Å²) in [6.45, 7) is 2.79. The molecule has 0 atom stereocenters. The van der Waals surface area contributed by atoms with Crippen LogP contribution in [0.25, 0.3) is 6.08 Å². The van der Waals surface area contributed by atoms with Gasteiger partial charge < -0.3 is 14.2 Å². The quantitative estimate of drug-likeness (QED) is 0.184.